The van der Waals surface area contributed by atoms with Gasteiger partial charge in [-0.05, 0) is 6.07 Å². The summed E-state index contributed by atoms with van der Waals surface area (Å²) in [6.07, 6.45) is -19.2. The number of alkyl halides is 11. The zero-order valence-electron chi connectivity index (χ0n) is 9.78. The highest BCUT2D eigenvalue weighted by atomic mass is 19.4. The summed E-state index contributed by atoms with van der Waals surface area (Å²) in [4.78, 5) is 0. The molecule has 126 valence electrons. The first-order valence-corrected chi connectivity index (χ1v) is 4.94. The first-order valence-electron chi connectivity index (χ1n) is 4.94. The third kappa shape index (κ3) is 3.32. The van der Waals surface area contributed by atoms with Crippen LogP contribution in [-0.2, 0) is 0 Å². The Hall–Kier alpha value is -1.82. The molecule has 13 heteroatoms. The minimum absolute atomic E-state index is 0.104. The molecule has 0 saturated heterocycles. The minimum Gasteiger partial charge on any atom is -0.238 e. The number of nitrogens with zero attached hydrogens (tertiary/aromatic N) is 2. The van der Waals surface area contributed by atoms with Crippen molar-refractivity contribution in [2.75, 3.05) is 0 Å². The number of rotatable bonds is 2. The van der Waals surface area contributed by atoms with Gasteiger partial charge in [-0.2, -0.15) is 53.4 Å². The van der Waals surface area contributed by atoms with Gasteiger partial charge in [-0.15, -0.1) is 0 Å². The quantitative estimate of drug-likeness (QED) is 0.724. The van der Waals surface area contributed by atoms with Gasteiger partial charge in [0.1, 0.15) is 5.70 Å². The zero-order chi connectivity index (χ0) is 17.6. The monoisotopic (exact) mass is 348 g/mol. The second-order valence-corrected chi connectivity index (χ2v) is 3.74. The molecule has 0 aliphatic carbocycles. The van der Waals surface area contributed by atoms with Crippen molar-refractivity contribution >= 4 is 5.70 Å². The van der Waals surface area contributed by atoms with Crippen molar-refractivity contribution in [2.24, 2.45) is 0 Å². The molecule has 0 amide bonds. The second-order valence-electron chi connectivity index (χ2n) is 3.74. The van der Waals surface area contributed by atoms with E-state index >= 15 is 0 Å². The Kier molecular flexibility index (Phi) is 4.24. The van der Waals surface area contributed by atoms with Crippen LogP contribution in [0.4, 0.5) is 48.3 Å². The van der Waals surface area contributed by atoms with Gasteiger partial charge in [0.2, 0.25) is 0 Å². The Morgan fingerprint density at radius 1 is 0.773 bits per heavy atom. The Morgan fingerprint density at radius 3 is 1.50 bits per heavy atom. The standard InChI is InChI=1S/C9H3F11N2/c10-6(11,9(18,19)20)5(22-3-1-2-21-22)4(7(12,13)14)8(15,16)17/h1-3H. The van der Waals surface area contributed by atoms with Crippen molar-refractivity contribution in [3.8, 4) is 0 Å². The average molecular weight is 348 g/mol. The minimum atomic E-state index is -6.70. The van der Waals surface area contributed by atoms with Crippen LogP contribution in [0.1, 0.15) is 0 Å². The molecule has 1 aromatic heterocycles. The maximum absolute atomic E-state index is 13.2. The predicted octanol–water partition coefficient (Wildman–Crippen LogP) is 4.42. The van der Waals surface area contributed by atoms with Crippen molar-refractivity contribution in [3.63, 3.8) is 0 Å². The van der Waals surface area contributed by atoms with Gasteiger partial charge >= 0.3 is 24.5 Å². The molecule has 0 aliphatic heterocycles. The maximum Gasteiger partial charge on any atom is 0.459 e. The summed E-state index contributed by atoms with van der Waals surface area (Å²) in [6, 6.07) is 0.580. The number of hydrogen-bond acceptors (Lipinski definition) is 1. The molecule has 0 bridgehead atoms. The molecule has 0 aliphatic rings. The summed E-state index contributed by atoms with van der Waals surface area (Å²) in [5, 5.41) is 2.62. The van der Waals surface area contributed by atoms with Gasteiger partial charge in [-0.1, -0.05) is 0 Å². The van der Waals surface area contributed by atoms with Crippen molar-refractivity contribution < 1.29 is 48.3 Å². The van der Waals surface area contributed by atoms with Gasteiger partial charge in [0.15, 0.2) is 5.57 Å². The first-order chi connectivity index (χ1) is 9.60. The number of hydrogen-bond donors (Lipinski definition) is 0. The molecule has 0 N–H and O–H groups in total. The van der Waals surface area contributed by atoms with E-state index in [0.717, 1.165) is 0 Å². The average Bonchev–Trinajstić information content (AvgIpc) is 2.72. The van der Waals surface area contributed by atoms with E-state index in [-0.39, 0.29) is 6.20 Å². The third-order valence-corrected chi connectivity index (χ3v) is 2.19. The Bertz CT molecular complexity index is 528. The van der Waals surface area contributed by atoms with Crippen LogP contribution in [0.15, 0.2) is 24.0 Å². The van der Waals surface area contributed by atoms with Gasteiger partial charge in [0, 0.05) is 12.4 Å². The fourth-order valence-electron chi connectivity index (χ4n) is 1.38. The summed E-state index contributed by atoms with van der Waals surface area (Å²) in [5.74, 6) is -6.45. The predicted molar refractivity (Wildman–Crippen MR) is 48.6 cm³/mol. The molecule has 0 radical (unpaired) electrons. The van der Waals surface area contributed by atoms with Crippen LogP contribution in [0.2, 0.25) is 0 Å². The van der Waals surface area contributed by atoms with Gasteiger partial charge in [0.25, 0.3) is 0 Å². The van der Waals surface area contributed by atoms with E-state index in [1.54, 1.807) is 0 Å². The smallest absolute Gasteiger partial charge is 0.238 e. The normalized spacial score (nSPS) is 14.1. The zero-order valence-corrected chi connectivity index (χ0v) is 9.78. The molecular formula is C9H3F11N2. The lowest BCUT2D eigenvalue weighted by Crippen LogP contribution is -2.43. The molecule has 0 saturated carbocycles. The van der Waals surface area contributed by atoms with E-state index in [9.17, 15) is 48.3 Å². The summed E-state index contributed by atoms with van der Waals surface area (Å²) >= 11 is 0. The van der Waals surface area contributed by atoms with Gasteiger partial charge in [-0.25, -0.2) is 4.68 Å². The van der Waals surface area contributed by atoms with Crippen LogP contribution in [0.5, 0.6) is 0 Å². The lowest BCUT2D eigenvalue weighted by molar-refractivity contribution is -0.258. The van der Waals surface area contributed by atoms with Crippen LogP contribution < -0.4 is 0 Å². The van der Waals surface area contributed by atoms with Crippen molar-refractivity contribution in [1.82, 2.24) is 9.78 Å². The molecule has 1 rings (SSSR count). The van der Waals surface area contributed by atoms with Gasteiger partial charge in [-0.3, -0.25) is 0 Å². The van der Waals surface area contributed by atoms with Crippen LogP contribution in [0, 0.1) is 0 Å². The van der Waals surface area contributed by atoms with E-state index in [2.05, 4.69) is 5.10 Å². The lowest BCUT2D eigenvalue weighted by atomic mass is 10.1. The Morgan fingerprint density at radius 2 is 1.23 bits per heavy atom. The topological polar surface area (TPSA) is 17.8 Å². The summed E-state index contributed by atoms with van der Waals surface area (Å²) in [6.45, 7) is 0. The van der Waals surface area contributed by atoms with E-state index in [4.69, 9.17) is 0 Å². The van der Waals surface area contributed by atoms with Crippen LogP contribution in [0.3, 0.4) is 0 Å². The Balaban J connectivity index is 3.89. The molecule has 0 atom stereocenters. The molecule has 2 nitrogen and oxygen atoms in total. The molecule has 0 aromatic carbocycles. The second kappa shape index (κ2) is 5.12. The van der Waals surface area contributed by atoms with E-state index in [1.165, 1.54) is 0 Å². The van der Waals surface area contributed by atoms with E-state index in [0.29, 0.717) is 12.3 Å². The molecule has 0 spiro atoms. The summed E-state index contributed by atoms with van der Waals surface area (Å²) < 4.78 is 137. The van der Waals surface area contributed by atoms with Crippen molar-refractivity contribution in [3.05, 3.63) is 24.0 Å². The van der Waals surface area contributed by atoms with Crippen molar-refractivity contribution in [1.29, 1.82) is 0 Å². The fourth-order valence-corrected chi connectivity index (χ4v) is 1.38. The van der Waals surface area contributed by atoms with E-state index < -0.39 is 40.4 Å². The highest BCUT2D eigenvalue weighted by molar-refractivity contribution is 5.60. The molecule has 0 unspecified atom stereocenters. The SMILES string of the molecule is FC(F)(F)C(=C(n1cccn1)C(F)(F)C(F)(F)F)C(F)(F)F. The van der Waals surface area contributed by atoms with Crippen molar-refractivity contribution in [2.45, 2.75) is 24.5 Å². The highest BCUT2D eigenvalue weighted by Crippen LogP contribution is 2.50. The van der Waals surface area contributed by atoms with Gasteiger partial charge < -0.3 is 0 Å². The number of halogens is 11. The van der Waals surface area contributed by atoms with Gasteiger partial charge in [0.05, 0.1) is 0 Å². The lowest BCUT2D eigenvalue weighted by Gasteiger charge is -2.27. The fraction of sp³-hybridized carbons (Fsp3) is 0.444. The van der Waals surface area contributed by atoms with E-state index in [1.807, 2.05) is 0 Å². The summed E-state index contributed by atoms with van der Waals surface area (Å²) in [7, 11) is 0. The Labute approximate surface area is 113 Å². The molecule has 22 heavy (non-hydrogen) atoms. The van der Waals surface area contributed by atoms with Crippen LogP contribution in [-0.4, -0.2) is 34.2 Å². The summed E-state index contributed by atoms with van der Waals surface area (Å²) in [5.41, 5.74) is -7.36. The molecular weight excluding hydrogens is 345 g/mol. The molecule has 1 heterocycles. The number of aromatic nitrogens is 2. The number of allylic oxidation sites excluding steroid dienone is 2. The van der Waals surface area contributed by atoms with Crippen LogP contribution in [0.25, 0.3) is 5.70 Å². The maximum atomic E-state index is 13.2. The first kappa shape index (κ1) is 18.2. The van der Waals surface area contributed by atoms with Crippen LogP contribution >= 0.6 is 0 Å². The largest absolute Gasteiger partial charge is 0.459 e. The highest BCUT2D eigenvalue weighted by Gasteiger charge is 2.67. The third-order valence-electron chi connectivity index (χ3n) is 2.19. The molecule has 0 fully saturated rings. The molecule has 1 aromatic rings.